The van der Waals surface area contributed by atoms with Crippen molar-refractivity contribution < 1.29 is 4.92 Å². The van der Waals surface area contributed by atoms with Crippen molar-refractivity contribution in [2.24, 2.45) is 0 Å². The fraction of sp³-hybridized carbons (Fsp3) is 0. The molecule has 2 N–H and O–H groups in total. The van der Waals surface area contributed by atoms with E-state index >= 15 is 0 Å². The van der Waals surface area contributed by atoms with Gasteiger partial charge in [-0.05, 0) is 24.3 Å². The van der Waals surface area contributed by atoms with E-state index in [1.54, 1.807) is 24.4 Å². The number of fused-ring (bicyclic) bond motifs is 1. The highest BCUT2D eigenvalue weighted by Gasteiger charge is 2.24. The molecule has 0 aliphatic carbocycles. The molecule has 4 rings (SSSR count). The van der Waals surface area contributed by atoms with E-state index in [1.807, 2.05) is 24.3 Å². The Morgan fingerprint density at radius 2 is 1.71 bits per heavy atom. The average Bonchev–Trinajstić information content (AvgIpc) is 2.70. The molecule has 28 heavy (non-hydrogen) atoms. The standard InChI is InChI=1S/C18H12ClN7O2/c19-12-6-7-14(21-9-12)25-18-16(26(27)28)17(22-10-23-18)24-13-5-1-3-11-4-2-8-20-15(11)13/h1-10H,(H2,21,22,23,24,25). The minimum atomic E-state index is -0.556. The minimum Gasteiger partial charge on any atom is -0.332 e. The van der Waals surface area contributed by atoms with E-state index in [2.05, 4.69) is 30.6 Å². The Balaban J connectivity index is 1.74. The van der Waals surface area contributed by atoms with Gasteiger partial charge in [-0.3, -0.25) is 15.1 Å². The van der Waals surface area contributed by atoms with Crippen LogP contribution in [0.5, 0.6) is 0 Å². The third-order valence-electron chi connectivity index (χ3n) is 3.86. The summed E-state index contributed by atoms with van der Waals surface area (Å²) < 4.78 is 0. The molecule has 0 amide bonds. The number of nitrogens with one attached hydrogen (secondary N) is 2. The SMILES string of the molecule is O=[N+]([O-])c1c(Nc2ccc(Cl)cn2)ncnc1Nc1cccc2cccnc12. The molecule has 0 bridgehead atoms. The van der Waals surface area contributed by atoms with Gasteiger partial charge in [0, 0.05) is 17.8 Å². The number of hydrogen-bond donors (Lipinski definition) is 2. The van der Waals surface area contributed by atoms with Gasteiger partial charge < -0.3 is 10.6 Å². The monoisotopic (exact) mass is 393 g/mol. The van der Waals surface area contributed by atoms with E-state index in [0.29, 0.717) is 22.0 Å². The quantitative estimate of drug-likeness (QED) is 0.376. The van der Waals surface area contributed by atoms with Crippen molar-refractivity contribution in [3.8, 4) is 0 Å². The maximum absolute atomic E-state index is 11.7. The molecule has 3 aromatic heterocycles. The lowest BCUT2D eigenvalue weighted by atomic mass is 10.2. The van der Waals surface area contributed by atoms with Crippen LogP contribution in [-0.4, -0.2) is 24.9 Å². The van der Waals surface area contributed by atoms with Gasteiger partial charge in [-0.1, -0.05) is 29.8 Å². The van der Waals surface area contributed by atoms with Crippen LogP contribution in [0, 0.1) is 10.1 Å². The topological polar surface area (TPSA) is 119 Å². The summed E-state index contributed by atoms with van der Waals surface area (Å²) in [5.74, 6) is 0.407. The summed E-state index contributed by atoms with van der Waals surface area (Å²) in [6, 6.07) is 12.4. The number of pyridine rings is 2. The molecule has 10 heteroatoms. The van der Waals surface area contributed by atoms with Gasteiger partial charge >= 0.3 is 5.69 Å². The Morgan fingerprint density at radius 3 is 2.46 bits per heavy atom. The third kappa shape index (κ3) is 3.51. The van der Waals surface area contributed by atoms with Crippen molar-refractivity contribution in [3.05, 3.63) is 76.3 Å². The van der Waals surface area contributed by atoms with E-state index in [4.69, 9.17) is 11.6 Å². The summed E-state index contributed by atoms with van der Waals surface area (Å²) in [4.78, 5) is 27.6. The second kappa shape index (κ2) is 7.41. The number of hydrogen-bond acceptors (Lipinski definition) is 8. The van der Waals surface area contributed by atoms with Crippen LogP contribution in [0.25, 0.3) is 10.9 Å². The van der Waals surface area contributed by atoms with E-state index in [-0.39, 0.29) is 17.3 Å². The molecule has 0 atom stereocenters. The first kappa shape index (κ1) is 17.6. The average molecular weight is 394 g/mol. The second-order valence-corrected chi connectivity index (χ2v) is 6.11. The number of para-hydroxylation sites is 1. The molecule has 9 nitrogen and oxygen atoms in total. The largest absolute Gasteiger partial charge is 0.353 e. The lowest BCUT2D eigenvalue weighted by molar-refractivity contribution is -0.383. The lowest BCUT2D eigenvalue weighted by Gasteiger charge is -2.11. The smallest absolute Gasteiger partial charge is 0.332 e. The second-order valence-electron chi connectivity index (χ2n) is 5.67. The van der Waals surface area contributed by atoms with Crippen molar-refractivity contribution in [3.63, 3.8) is 0 Å². The molecule has 0 saturated heterocycles. The summed E-state index contributed by atoms with van der Waals surface area (Å²) in [6.45, 7) is 0. The van der Waals surface area contributed by atoms with Crippen molar-refractivity contribution in [2.45, 2.75) is 0 Å². The molecule has 0 unspecified atom stereocenters. The maximum Gasteiger partial charge on any atom is 0.353 e. The van der Waals surface area contributed by atoms with Crippen molar-refractivity contribution in [2.75, 3.05) is 10.6 Å². The molecule has 0 fully saturated rings. The van der Waals surface area contributed by atoms with Crippen LogP contribution in [-0.2, 0) is 0 Å². The predicted octanol–water partition coefficient (Wildman–Crippen LogP) is 4.47. The molecular weight excluding hydrogens is 382 g/mol. The molecule has 0 radical (unpaired) electrons. The fourth-order valence-corrected chi connectivity index (χ4v) is 2.75. The fourth-order valence-electron chi connectivity index (χ4n) is 2.64. The van der Waals surface area contributed by atoms with Crippen molar-refractivity contribution in [1.82, 2.24) is 19.9 Å². The highest BCUT2D eigenvalue weighted by atomic mass is 35.5. The van der Waals surface area contributed by atoms with Crippen LogP contribution in [0.1, 0.15) is 0 Å². The van der Waals surface area contributed by atoms with Gasteiger partial charge in [0.2, 0.25) is 11.6 Å². The summed E-state index contributed by atoms with van der Waals surface area (Å²) in [5.41, 5.74) is 0.953. The molecule has 3 heterocycles. The summed E-state index contributed by atoms with van der Waals surface area (Å²) in [7, 11) is 0. The molecule has 138 valence electrons. The van der Waals surface area contributed by atoms with Crippen molar-refractivity contribution >= 4 is 51.3 Å². The number of rotatable bonds is 5. The first-order valence-electron chi connectivity index (χ1n) is 8.10. The Morgan fingerprint density at radius 1 is 0.929 bits per heavy atom. The van der Waals surface area contributed by atoms with Gasteiger partial charge in [-0.15, -0.1) is 0 Å². The van der Waals surface area contributed by atoms with Gasteiger partial charge in [-0.2, -0.15) is 0 Å². The van der Waals surface area contributed by atoms with Crippen molar-refractivity contribution in [1.29, 1.82) is 0 Å². The van der Waals surface area contributed by atoms with Gasteiger partial charge in [-0.25, -0.2) is 15.0 Å². The molecule has 4 aromatic rings. The Hall–Kier alpha value is -3.85. The Bertz CT molecular complexity index is 1160. The minimum absolute atomic E-state index is 0.00511. The third-order valence-corrected chi connectivity index (χ3v) is 4.09. The number of benzene rings is 1. The first-order chi connectivity index (χ1) is 13.6. The Kier molecular flexibility index (Phi) is 4.65. The van der Waals surface area contributed by atoms with E-state index in [0.717, 1.165) is 5.39 Å². The molecule has 0 spiro atoms. The molecular formula is C18H12ClN7O2. The predicted molar refractivity (Wildman–Crippen MR) is 106 cm³/mol. The lowest BCUT2D eigenvalue weighted by Crippen LogP contribution is -2.06. The molecule has 0 aliphatic heterocycles. The Labute approximate surface area is 163 Å². The summed E-state index contributed by atoms with van der Waals surface area (Å²) in [6.07, 6.45) is 4.31. The van der Waals surface area contributed by atoms with Gasteiger partial charge in [0.15, 0.2) is 0 Å². The van der Waals surface area contributed by atoms with E-state index < -0.39 is 4.92 Å². The first-order valence-corrected chi connectivity index (χ1v) is 8.48. The number of anilines is 4. The normalized spacial score (nSPS) is 10.6. The van der Waals surface area contributed by atoms with Gasteiger partial charge in [0.1, 0.15) is 12.1 Å². The van der Waals surface area contributed by atoms with Crippen LogP contribution in [0.4, 0.5) is 28.8 Å². The van der Waals surface area contributed by atoms with Crippen LogP contribution < -0.4 is 10.6 Å². The van der Waals surface area contributed by atoms with Crippen LogP contribution >= 0.6 is 11.6 Å². The van der Waals surface area contributed by atoms with E-state index in [1.165, 1.54) is 12.5 Å². The maximum atomic E-state index is 11.7. The number of halogens is 1. The summed E-state index contributed by atoms with van der Waals surface area (Å²) >= 11 is 5.82. The molecule has 1 aromatic carbocycles. The van der Waals surface area contributed by atoms with Gasteiger partial charge in [0.25, 0.3) is 0 Å². The zero-order valence-electron chi connectivity index (χ0n) is 14.2. The molecule has 0 aliphatic rings. The van der Waals surface area contributed by atoms with E-state index in [9.17, 15) is 10.1 Å². The zero-order chi connectivity index (χ0) is 19.5. The number of aromatic nitrogens is 4. The van der Waals surface area contributed by atoms with Gasteiger partial charge in [0.05, 0.1) is 21.2 Å². The number of nitro groups is 1. The van der Waals surface area contributed by atoms with Crippen LogP contribution in [0.2, 0.25) is 5.02 Å². The number of nitrogens with zero attached hydrogens (tertiary/aromatic N) is 5. The summed E-state index contributed by atoms with van der Waals surface area (Å²) in [5, 5.41) is 18.9. The highest BCUT2D eigenvalue weighted by molar-refractivity contribution is 6.30. The van der Waals surface area contributed by atoms with Crippen LogP contribution in [0.3, 0.4) is 0 Å². The highest BCUT2D eigenvalue weighted by Crippen LogP contribution is 2.34. The zero-order valence-corrected chi connectivity index (χ0v) is 15.0. The van der Waals surface area contributed by atoms with Crippen LogP contribution in [0.15, 0.2) is 61.2 Å². The molecule has 0 saturated carbocycles.